The van der Waals surface area contributed by atoms with Crippen LogP contribution in [0, 0.1) is 10.1 Å². The zero-order valence-corrected chi connectivity index (χ0v) is 13.4. The first kappa shape index (κ1) is 15.8. The van der Waals surface area contributed by atoms with Gasteiger partial charge in [-0.15, -0.1) is 0 Å². The summed E-state index contributed by atoms with van der Waals surface area (Å²) in [5.41, 5.74) is 2.08. The lowest BCUT2D eigenvalue weighted by Gasteiger charge is -2.35. The lowest BCUT2D eigenvalue weighted by molar-refractivity contribution is -0.384. The monoisotopic (exact) mass is 331 g/mol. The van der Waals surface area contributed by atoms with E-state index in [0.717, 1.165) is 37.7 Å². The number of nitrogens with zero attached hydrogens (tertiary/aromatic N) is 3. The summed E-state index contributed by atoms with van der Waals surface area (Å²) in [6.07, 6.45) is 0. The van der Waals surface area contributed by atoms with Gasteiger partial charge < -0.3 is 4.90 Å². The van der Waals surface area contributed by atoms with Crippen molar-refractivity contribution < 1.29 is 4.92 Å². The van der Waals surface area contributed by atoms with Crippen molar-refractivity contribution in [2.75, 3.05) is 31.1 Å². The highest BCUT2D eigenvalue weighted by atomic mass is 35.5. The second kappa shape index (κ2) is 6.98. The van der Waals surface area contributed by atoms with Gasteiger partial charge in [-0.1, -0.05) is 35.9 Å². The van der Waals surface area contributed by atoms with E-state index >= 15 is 0 Å². The van der Waals surface area contributed by atoms with Gasteiger partial charge >= 0.3 is 0 Å². The fourth-order valence-corrected chi connectivity index (χ4v) is 3.14. The van der Waals surface area contributed by atoms with Crippen LogP contribution >= 0.6 is 11.6 Å². The minimum atomic E-state index is -0.312. The second-order valence-corrected chi connectivity index (χ2v) is 6.08. The number of piperazine rings is 1. The molecule has 23 heavy (non-hydrogen) atoms. The Hall–Kier alpha value is -2.11. The van der Waals surface area contributed by atoms with Crippen LogP contribution in [0.3, 0.4) is 0 Å². The van der Waals surface area contributed by atoms with E-state index in [2.05, 4.69) is 15.9 Å². The van der Waals surface area contributed by atoms with E-state index in [-0.39, 0.29) is 10.6 Å². The van der Waals surface area contributed by atoms with Crippen LogP contribution < -0.4 is 4.90 Å². The van der Waals surface area contributed by atoms with Gasteiger partial charge in [-0.05, 0) is 23.8 Å². The molecule has 0 aromatic heterocycles. The Morgan fingerprint density at radius 1 is 1.04 bits per heavy atom. The molecule has 0 atom stereocenters. The number of hydrogen-bond acceptors (Lipinski definition) is 4. The van der Waals surface area contributed by atoms with Gasteiger partial charge in [0.05, 0.1) is 4.92 Å². The summed E-state index contributed by atoms with van der Waals surface area (Å²) < 4.78 is 0. The topological polar surface area (TPSA) is 49.6 Å². The van der Waals surface area contributed by atoms with Crippen LogP contribution in [0.4, 0.5) is 11.4 Å². The normalized spacial score (nSPS) is 15.6. The highest BCUT2D eigenvalue weighted by Gasteiger charge is 2.23. The molecule has 0 saturated carbocycles. The summed E-state index contributed by atoms with van der Waals surface area (Å²) in [6, 6.07) is 14.8. The van der Waals surface area contributed by atoms with Gasteiger partial charge in [-0.2, -0.15) is 0 Å². The van der Waals surface area contributed by atoms with Crippen molar-refractivity contribution >= 4 is 23.0 Å². The number of nitro benzene ring substituents is 1. The maximum Gasteiger partial charge on any atom is 0.292 e. The van der Waals surface area contributed by atoms with Gasteiger partial charge in [0.15, 0.2) is 0 Å². The molecular weight excluding hydrogens is 314 g/mol. The molecule has 0 N–H and O–H groups in total. The predicted octanol–water partition coefficient (Wildman–Crippen LogP) is 3.57. The molecule has 1 aliphatic heterocycles. The largest absolute Gasteiger partial charge is 0.363 e. The molecule has 1 aliphatic rings. The maximum absolute atomic E-state index is 11.2. The van der Waals surface area contributed by atoms with E-state index in [0.29, 0.717) is 5.69 Å². The van der Waals surface area contributed by atoms with E-state index in [9.17, 15) is 10.1 Å². The van der Waals surface area contributed by atoms with Crippen LogP contribution in [-0.2, 0) is 6.54 Å². The number of nitro groups is 1. The average molecular weight is 332 g/mol. The molecule has 3 rings (SSSR count). The molecule has 0 amide bonds. The summed E-state index contributed by atoms with van der Waals surface area (Å²) in [6.45, 7) is 4.17. The molecular formula is C17H18ClN3O2. The first-order valence-electron chi connectivity index (χ1n) is 7.58. The number of para-hydroxylation sites is 2. The summed E-state index contributed by atoms with van der Waals surface area (Å²) in [5.74, 6) is 0. The highest BCUT2D eigenvalue weighted by molar-refractivity contribution is 6.30. The summed E-state index contributed by atoms with van der Waals surface area (Å²) in [7, 11) is 0. The number of halogens is 1. The molecule has 120 valence electrons. The summed E-state index contributed by atoms with van der Waals surface area (Å²) in [5, 5.41) is 11.9. The van der Waals surface area contributed by atoms with Crippen molar-refractivity contribution in [2.24, 2.45) is 0 Å². The van der Waals surface area contributed by atoms with E-state index < -0.39 is 0 Å². The molecule has 0 aliphatic carbocycles. The van der Waals surface area contributed by atoms with Crippen LogP contribution in [0.5, 0.6) is 0 Å². The van der Waals surface area contributed by atoms with Crippen LogP contribution in [-0.4, -0.2) is 36.0 Å². The minimum absolute atomic E-state index is 0.177. The molecule has 0 spiro atoms. The van der Waals surface area contributed by atoms with Crippen molar-refractivity contribution in [1.29, 1.82) is 0 Å². The van der Waals surface area contributed by atoms with E-state index in [4.69, 9.17) is 11.6 Å². The van der Waals surface area contributed by atoms with Crippen LogP contribution in [0.15, 0.2) is 48.5 Å². The summed E-state index contributed by atoms with van der Waals surface area (Å²) in [4.78, 5) is 15.3. The van der Waals surface area contributed by atoms with E-state index in [1.54, 1.807) is 12.1 Å². The average Bonchev–Trinajstić information content (AvgIpc) is 2.55. The zero-order chi connectivity index (χ0) is 16.2. The smallest absolute Gasteiger partial charge is 0.292 e. The molecule has 5 nitrogen and oxygen atoms in total. The van der Waals surface area contributed by atoms with Gasteiger partial charge in [0.2, 0.25) is 0 Å². The Labute approximate surface area is 140 Å². The van der Waals surface area contributed by atoms with Crippen LogP contribution in [0.2, 0.25) is 5.02 Å². The van der Waals surface area contributed by atoms with Gasteiger partial charge in [0, 0.05) is 43.8 Å². The number of hydrogen-bond donors (Lipinski definition) is 0. The first-order valence-corrected chi connectivity index (χ1v) is 7.96. The van der Waals surface area contributed by atoms with Crippen LogP contribution in [0.1, 0.15) is 5.56 Å². The number of benzene rings is 2. The molecule has 1 heterocycles. The third kappa shape index (κ3) is 3.81. The van der Waals surface area contributed by atoms with Gasteiger partial charge in [-0.25, -0.2) is 0 Å². The second-order valence-electron chi connectivity index (χ2n) is 5.64. The zero-order valence-electron chi connectivity index (χ0n) is 12.7. The quantitative estimate of drug-likeness (QED) is 0.635. The lowest BCUT2D eigenvalue weighted by Crippen LogP contribution is -2.46. The fourth-order valence-electron chi connectivity index (χ4n) is 2.93. The molecule has 0 bridgehead atoms. The van der Waals surface area contributed by atoms with Gasteiger partial charge in [0.25, 0.3) is 5.69 Å². The molecule has 1 saturated heterocycles. The SMILES string of the molecule is O=[N+]([O-])c1ccccc1N1CCN(Cc2cccc(Cl)c2)CC1. The highest BCUT2D eigenvalue weighted by Crippen LogP contribution is 2.28. The predicted molar refractivity (Wildman–Crippen MR) is 92.0 cm³/mol. The van der Waals surface area contributed by atoms with Crippen molar-refractivity contribution in [3.05, 3.63) is 69.2 Å². The summed E-state index contributed by atoms with van der Waals surface area (Å²) >= 11 is 6.02. The molecule has 1 fully saturated rings. The van der Waals surface area contributed by atoms with Crippen molar-refractivity contribution in [2.45, 2.75) is 6.54 Å². The Balaban J connectivity index is 1.64. The van der Waals surface area contributed by atoms with Gasteiger partial charge in [-0.3, -0.25) is 15.0 Å². The van der Waals surface area contributed by atoms with E-state index in [1.165, 1.54) is 5.56 Å². The van der Waals surface area contributed by atoms with E-state index in [1.807, 2.05) is 30.3 Å². The van der Waals surface area contributed by atoms with Crippen molar-refractivity contribution in [3.63, 3.8) is 0 Å². The molecule has 2 aromatic rings. The Morgan fingerprint density at radius 3 is 2.48 bits per heavy atom. The molecule has 2 aromatic carbocycles. The third-order valence-electron chi connectivity index (χ3n) is 4.09. The number of rotatable bonds is 4. The molecule has 6 heteroatoms. The van der Waals surface area contributed by atoms with Gasteiger partial charge in [0.1, 0.15) is 5.69 Å². The Kier molecular flexibility index (Phi) is 4.79. The third-order valence-corrected chi connectivity index (χ3v) is 4.32. The van der Waals surface area contributed by atoms with Crippen molar-refractivity contribution in [1.82, 2.24) is 4.90 Å². The fraction of sp³-hybridized carbons (Fsp3) is 0.294. The standard InChI is InChI=1S/C17H18ClN3O2/c18-15-5-3-4-14(12-15)13-19-8-10-20(11-9-19)16-6-1-2-7-17(16)21(22)23/h1-7,12H,8-11,13H2. The molecule has 0 radical (unpaired) electrons. The lowest BCUT2D eigenvalue weighted by atomic mass is 10.2. The Bertz CT molecular complexity index is 700. The van der Waals surface area contributed by atoms with Crippen LogP contribution in [0.25, 0.3) is 0 Å². The minimum Gasteiger partial charge on any atom is -0.363 e. The van der Waals surface area contributed by atoms with Crippen molar-refractivity contribution in [3.8, 4) is 0 Å². The molecule has 0 unspecified atom stereocenters. The maximum atomic E-state index is 11.2. The first-order chi connectivity index (χ1) is 11.1. The number of anilines is 1. The Morgan fingerprint density at radius 2 is 1.78 bits per heavy atom.